The lowest BCUT2D eigenvalue weighted by Crippen LogP contribution is -2.40. The zero-order valence-corrected chi connectivity index (χ0v) is 22.7. The highest BCUT2D eigenvalue weighted by molar-refractivity contribution is 7.89. The molecule has 0 bridgehead atoms. The second-order valence-electron chi connectivity index (χ2n) is 10.6. The van der Waals surface area contributed by atoms with Crippen LogP contribution in [-0.2, 0) is 16.6 Å². The van der Waals surface area contributed by atoms with Crippen molar-refractivity contribution in [3.8, 4) is 11.1 Å². The molecule has 8 heteroatoms. The molecule has 4 rings (SSSR count). The Morgan fingerprint density at radius 1 is 1.14 bits per heavy atom. The predicted molar refractivity (Wildman–Crippen MR) is 147 cm³/mol. The van der Waals surface area contributed by atoms with E-state index in [4.69, 9.17) is 5.73 Å². The molecular weight excluding hydrogens is 472 g/mol. The van der Waals surface area contributed by atoms with Crippen molar-refractivity contribution in [3.05, 3.63) is 53.1 Å². The Kier molecular flexibility index (Phi) is 8.07. The van der Waals surface area contributed by atoms with Crippen molar-refractivity contribution in [1.82, 2.24) is 9.62 Å². The smallest absolute Gasteiger partial charge is 0.250 e. The Morgan fingerprint density at radius 2 is 1.86 bits per heavy atom. The number of nitrogens with zero attached hydrogens (tertiary/aromatic N) is 1. The average Bonchev–Trinajstić information content (AvgIpc) is 3.30. The molecule has 1 saturated heterocycles. The number of hydrogen-bond acceptors (Lipinski definition) is 5. The number of benzene rings is 2. The predicted octanol–water partition coefficient (Wildman–Crippen LogP) is 4.16. The van der Waals surface area contributed by atoms with E-state index >= 15 is 0 Å². The molecule has 0 aromatic heterocycles. The Morgan fingerprint density at radius 3 is 2.50 bits per heavy atom. The zero-order valence-electron chi connectivity index (χ0n) is 21.9. The normalized spacial score (nSPS) is 19.8. The number of amides is 1. The molecule has 0 spiro atoms. The number of primary amides is 1. The number of nitrogens with one attached hydrogen (secondary N) is 2. The lowest BCUT2D eigenvalue weighted by molar-refractivity contribution is 0.100. The van der Waals surface area contributed by atoms with Crippen LogP contribution in [0, 0.1) is 11.8 Å². The van der Waals surface area contributed by atoms with Crippen molar-refractivity contribution in [2.45, 2.75) is 59.0 Å². The van der Waals surface area contributed by atoms with Crippen LogP contribution in [0.2, 0.25) is 0 Å². The number of rotatable bonds is 9. The molecule has 196 valence electrons. The minimum Gasteiger partial charge on any atom is -0.384 e. The van der Waals surface area contributed by atoms with Gasteiger partial charge in [-0.2, -0.15) is 0 Å². The number of piperidine rings is 1. The van der Waals surface area contributed by atoms with Gasteiger partial charge in [-0.05, 0) is 79.0 Å². The molecule has 0 radical (unpaired) electrons. The molecule has 0 saturated carbocycles. The van der Waals surface area contributed by atoms with E-state index < -0.39 is 15.9 Å². The van der Waals surface area contributed by atoms with Crippen LogP contribution in [0.25, 0.3) is 11.1 Å². The molecule has 1 fully saturated rings. The van der Waals surface area contributed by atoms with Crippen LogP contribution < -0.4 is 16.4 Å². The van der Waals surface area contributed by atoms with Crippen LogP contribution in [-0.4, -0.2) is 50.1 Å². The van der Waals surface area contributed by atoms with Crippen LogP contribution in [0.15, 0.2) is 36.4 Å². The summed E-state index contributed by atoms with van der Waals surface area (Å²) in [6.07, 6.45) is 1.63. The molecule has 2 aromatic carbocycles. The minimum absolute atomic E-state index is 0.141. The van der Waals surface area contributed by atoms with Crippen LogP contribution in [0.1, 0.15) is 67.9 Å². The van der Waals surface area contributed by atoms with Crippen LogP contribution in [0.5, 0.6) is 0 Å². The first-order valence-electron chi connectivity index (χ1n) is 13.1. The maximum atomic E-state index is 12.4. The third-order valence-corrected chi connectivity index (χ3v) is 9.93. The van der Waals surface area contributed by atoms with Crippen molar-refractivity contribution in [2.75, 3.05) is 30.7 Å². The molecule has 2 heterocycles. The molecular formula is C28H40N4O3S. The van der Waals surface area contributed by atoms with Crippen molar-refractivity contribution >= 4 is 21.6 Å². The minimum atomic E-state index is -3.16. The van der Waals surface area contributed by atoms with E-state index in [1.807, 2.05) is 6.07 Å². The van der Waals surface area contributed by atoms with Gasteiger partial charge >= 0.3 is 0 Å². The molecule has 0 aliphatic carbocycles. The maximum Gasteiger partial charge on any atom is 0.250 e. The second kappa shape index (κ2) is 10.9. The fraction of sp³-hybridized carbons (Fsp3) is 0.536. The summed E-state index contributed by atoms with van der Waals surface area (Å²) in [7, 11) is -3.16. The lowest BCUT2D eigenvalue weighted by Gasteiger charge is -2.34. The quantitative estimate of drug-likeness (QED) is 0.468. The Balaban J connectivity index is 1.60. The van der Waals surface area contributed by atoms with Crippen molar-refractivity contribution in [1.29, 1.82) is 0 Å². The van der Waals surface area contributed by atoms with Crippen molar-refractivity contribution in [3.63, 3.8) is 0 Å². The van der Waals surface area contributed by atoms with Crippen LogP contribution in [0.3, 0.4) is 0 Å². The van der Waals surface area contributed by atoms with Crippen molar-refractivity contribution < 1.29 is 13.2 Å². The van der Waals surface area contributed by atoms with Crippen LogP contribution in [0.4, 0.5) is 5.69 Å². The van der Waals surface area contributed by atoms with Gasteiger partial charge in [-0.1, -0.05) is 32.0 Å². The highest BCUT2D eigenvalue weighted by Crippen LogP contribution is 2.44. The van der Waals surface area contributed by atoms with Crippen LogP contribution >= 0.6 is 0 Å². The molecule has 2 aliphatic heterocycles. The highest BCUT2D eigenvalue weighted by atomic mass is 32.2. The third kappa shape index (κ3) is 5.61. The summed E-state index contributed by atoms with van der Waals surface area (Å²) >= 11 is 0. The zero-order chi connectivity index (χ0) is 26.0. The monoisotopic (exact) mass is 512 g/mol. The van der Waals surface area contributed by atoms with Gasteiger partial charge < -0.3 is 16.4 Å². The largest absolute Gasteiger partial charge is 0.384 e. The summed E-state index contributed by atoms with van der Waals surface area (Å²) in [6.45, 7) is 10.9. The molecule has 4 N–H and O–H groups in total. The van der Waals surface area contributed by atoms with Gasteiger partial charge in [0.05, 0.1) is 17.0 Å². The highest BCUT2D eigenvalue weighted by Gasteiger charge is 2.36. The van der Waals surface area contributed by atoms with Gasteiger partial charge in [0, 0.05) is 38.1 Å². The fourth-order valence-electron chi connectivity index (χ4n) is 5.37. The van der Waals surface area contributed by atoms with E-state index in [9.17, 15) is 13.2 Å². The molecule has 2 aromatic rings. The number of carbonyl (C=O) groups is 1. The van der Waals surface area contributed by atoms with Crippen molar-refractivity contribution in [2.24, 2.45) is 17.6 Å². The van der Waals surface area contributed by atoms with E-state index in [2.05, 4.69) is 61.7 Å². The lowest BCUT2D eigenvalue weighted by atomic mass is 9.80. The molecule has 1 amide bonds. The van der Waals surface area contributed by atoms with E-state index in [0.29, 0.717) is 36.5 Å². The number of sulfonamides is 1. The average molecular weight is 513 g/mol. The topological polar surface area (TPSA) is 105 Å². The van der Waals surface area contributed by atoms with Gasteiger partial charge in [-0.15, -0.1) is 0 Å². The number of anilines is 1. The summed E-state index contributed by atoms with van der Waals surface area (Å²) in [5, 5.41) is 7.03. The second-order valence-corrected chi connectivity index (χ2v) is 12.8. The Labute approximate surface area is 215 Å². The fourth-order valence-corrected chi connectivity index (χ4v) is 6.50. The van der Waals surface area contributed by atoms with Gasteiger partial charge in [-0.25, -0.2) is 12.7 Å². The number of hydrogen-bond donors (Lipinski definition) is 3. The third-order valence-electron chi connectivity index (χ3n) is 8.05. The van der Waals surface area contributed by atoms with E-state index in [1.54, 1.807) is 11.2 Å². The summed E-state index contributed by atoms with van der Waals surface area (Å²) < 4.78 is 26.2. The van der Waals surface area contributed by atoms with E-state index in [1.165, 1.54) is 5.56 Å². The van der Waals surface area contributed by atoms with Gasteiger partial charge in [0.2, 0.25) is 10.0 Å². The molecule has 36 heavy (non-hydrogen) atoms. The van der Waals surface area contributed by atoms with E-state index in [0.717, 1.165) is 48.3 Å². The first-order chi connectivity index (χ1) is 17.1. The molecule has 7 nitrogen and oxygen atoms in total. The number of fused-ring (bicyclic) bond motifs is 1. The van der Waals surface area contributed by atoms with E-state index in [-0.39, 0.29) is 11.7 Å². The summed E-state index contributed by atoms with van der Waals surface area (Å²) in [5.41, 5.74) is 11.5. The van der Waals surface area contributed by atoms with Gasteiger partial charge in [0.15, 0.2) is 0 Å². The Bertz CT molecular complexity index is 1200. The number of nitrogens with two attached hydrogens (primary N) is 1. The van der Waals surface area contributed by atoms with Gasteiger partial charge in [-0.3, -0.25) is 4.79 Å². The SMILES string of the molecule is CCS(=O)(=O)N1CCC(C2CNc3c(C(N)=O)cc(-c4cccc(CN[C@H](C)C(C)C)c4)cc32)CC1. The van der Waals surface area contributed by atoms with Gasteiger partial charge in [0.1, 0.15) is 0 Å². The molecule has 1 unspecified atom stereocenters. The molecule has 2 atom stereocenters. The first-order valence-corrected chi connectivity index (χ1v) is 14.7. The first kappa shape index (κ1) is 26.6. The molecule has 2 aliphatic rings. The summed E-state index contributed by atoms with van der Waals surface area (Å²) in [4.78, 5) is 12.4. The summed E-state index contributed by atoms with van der Waals surface area (Å²) in [6, 6.07) is 12.9. The maximum absolute atomic E-state index is 12.4. The number of carbonyl (C=O) groups excluding carboxylic acids is 1. The van der Waals surface area contributed by atoms with Gasteiger partial charge in [0.25, 0.3) is 5.91 Å². The Hall–Kier alpha value is -2.42. The standard InChI is InChI=1S/C28H40N4O3S/c1-5-36(34,35)32-11-9-21(10-12-32)26-17-31-27-24(26)14-23(15-25(27)28(29)33)22-8-6-7-20(13-22)16-30-19(4)18(2)3/h6-8,13-15,18-19,21,26,30-31H,5,9-12,16-17H2,1-4H3,(H2,29,33)/t19-,26?/m1/s1. The summed E-state index contributed by atoms with van der Waals surface area (Å²) in [5.74, 6) is 0.837.